The first-order valence-corrected chi connectivity index (χ1v) is 9.24. The monoisotopic (exact) mass is 396 g/mol. The number of rotatable bonds is 7. The lowest BCUT2D eigenvalue weighted by Gasteiger charge is -2.12. The van der Waals surface area contributed by atoms with Crippen LogP contribution in [0, 0.1) is 6.92 Å². The Balaban J connectivity index is 1.99. The van der Waals surface area contributed by atoms with E-state index in [1.54, 1.807) is 16.8 Å². The van der Waals surface area contributed by atoms with Crippen LogP contribution in [0.3, 0.4) is 0 Å². The number of hydrogen-bond donors (Lipinski definition) is 1. The van der Waals surface area contributed by atoms with Gasteiger partial charge in [0.2, 0.25) is 5.91 Å². The molecule has 1 N–H and O–H groups in total. The first-order chi connectivity index (χ1) is 13.5. The number of carbonyl (C=O) groups excluding carboxylic acids is 2. The molecular formula is C21H19ClN3O3-. The molecule has 0 aliphatic rings. The molecule has 7 heteroatoms. The van der Waals surface area contributed by atoms with Crippen molar-refractivity contribution in [2.24, 2.45) is 0 Å². The molecule has 144 valence electrons. The zero-order valence-corrected chi connectivity index (χ0v) is 16.1. The van der Waals surface area contributed by atoms with Gasteiger partial charge in [0, 0.05) is 23.0 Å². The summed E-state index contributed by atoms with van der Waals surface area (Å²) in [5.41, 5.74) is 3.24. The second-order valence-corrected chi connectivity index (χ2v) is 6.77. The van der Waals surface area contributed by atoms with E-state index < -0.39 is 5.97 Å². The highest BCUT2D eigenvalue weighted by Gasteiger charge is 2.20. The Morgan fingerprint density at radius 2 is 1.75 bits per heavy atom. The van der Waals surface area contributed by atoms with E-state index in [0.717, 1.165) is 22.5 Å². The predicted octanol–water partition coefficient (Wildman–Crippen LogP) is 3.36. The molecule has 1 amide bonds. The molecular weight excluding hydrogens is 378 g/mol. The first-order valence-electron chi connectivity index (χ1n) is 8.86. The van der Waals surface area contributed by atoms with Crippen LogP contribution in [0.4, 0.5) is 5.82 Å². The topological polar surface area (TPSA) is 87.0 Å². The lowest BCUT2D eigenvalue weighted by Crippen LogP contribution is -2.22. The van der Waals surface area contributed by atoms with Gasteiger partial charge in [0.1, 0.15) is 5.82 Å². The number of nitrogens with zero attached hydrogens (tertiary/aromatic N) is 2. The van der Waals surface area contributed by atoms with Crippen LogP contribution in [-0.2, 0) is 9.59 Å². The quantitative estimate of drug-likeness (QED) is 0.663. The number of aliphatic carboxylic acids is 1. The Kier molecular flexibility index (Phi) is 6.11. The van der Waals surface area contributed by atoms with Crippen molar-refractivity contribution >= 4 is 29.3 Å². The normalized spacial score (nSPS) is 10.6. The fourth-order valence-corrected chi connectivity index (χ4v) is 3.08. The van der Waals surface area contributed by atoms with Crippen LogP contribution in [0.2, 0.25) is 5.02 Å². The summed E-state index contributed by atoms with van der Waals surface area (Å²) >= 11 is 5.99. The number of carbonyl (C=O) groups is 2. The molecule has 0 aliphatic carbocycles. The fourth-order valence-electron chi connectivity index (χ4n) is 2.95. The minimum absolute atomic E-state index is 0.0764. The van der Waals surface area contributed by atoms with Gasteiger partial charge in [0.05, 0.1) is 11.4 Å². The van der Waals surface area contributed by atoms with Gasteiger partial charge in [-0.1, -0.05) is 41.9 Å². The Morgan fingerprint density at radius 3 is 2.39 bits per heavy atom. The molecule has 0 saturated carbocycles. The summed E-state index contributed by atoms with van der Waals surface area (Å²) in [7, 11) is 0. The Labute approximate surface area is 167 Å². The molecule has 1 aromatic heterocycles. The van der Waals surface area contributed by atoms with Gasteiger partial charge in [0.15, 0.2) is 0 Å². The molecule has 6 nitrogen and oxygen atoms in total. The molecule has 0 fully saturated rings. The predicted molar refractivity (Wildman–Crippen MR) is 106 cm³/mol. The lowest BCUT2D eigenvalue weighted by molar-refractivity contribution is -0.305. The molecule has 0 atom stereocenters. The second kappa shape index (κ2) is 8.71. The Morgan fingerprint density at radius 1 is 1.07 bits per heavy atom. The van der Waals surface area contributed by atoms with E-state index in [0.29, 0.717) is 10.8 Å². The van der Waals surface area contributed by atoms with Gasteiger partial charge in [-0.3, -0.25) is 4.79 Å². The van der Waals surface area contributed by atoms with Crippen molar-refractivity contribution in [1.82, 2.24) is 9.78 Å². The van der Waals surface area contributed by atoms with Crippen LogP contribution < -0.4 is 10.4 Å². The summed E-state index contributed by atoms with van der Waals surface area (Å²) in [5.74, 6) is -0.919. The van der Waals surface area contributed by atoms with Gasteiger partial charge in [0.25, 0.3) is 0 Å². The number of halogens is 1. The Hall–Kier alpha value is -3.12. The molecule has 1 heterocycles. The van der Waals surface area contributed by atoms with E-state index in [1.807, 2.05) is 49.4 Å². The fraction of sp³-hybridized carbons (Fsp3) is 0.190. The van der Waals surface area contributed by atoms with Gasteiger partial charge in [-0.25, -0.2) is 4.68 Å². The summed E-state index contributed by atoms with van der Waals surface area (Å²) in [6.07, 6.45) is 0.129. The number of amides is 1. The molecule has 3 rings (SSSR count). The number of carboxylic acids is 1. The van der Waals surface area contributed by atoms with Crippen LogP contribution in [0.1, 0.15) is 25.0 Å². The Bertz CT molecular complexity index is 982. The van der Waals surface area contributed by atoms with Crippen molar-refractivity contribution in [2.45, 2.75) is 26.2 Å². The highest BCUT2D eigenvalue weighted by molar-refractivity contribution is 6.30. The van der Waals surface area contributed by atoms with Crippen molar-refractivity contribution in [3.8, 4) is 16.8 Å². The molecule has 3 aromatic rings. The van der Waals surface area contributed by atoms with Crippen molar-refractivity contribution in [3.63, 3.8) is 0 Å². The van der Waals surface area contributed by atoms with Crippen molar-refractivity contribution in [1.29, 1.82) is 0 Å². The van der Waals surface area contributed by atoms with Gasteiger partial charge in [-0.15, -0.1) is 0 Å². The van der Waals surface area contributed by atoms with Crippen LogP contribution in [0.5, 0.6) is 0 Å². The molecule has 0 radical (unpaired) electrons. The second-order valence-electron chi connectivity index (χ2n) is 6.34. The first kappa shape index (κ1) is 19.6. The third kappa shape index (κ3) is 4.58. The van der Waals surface area contributed by atoms with Gasteiger partial charge in [-0.2, -0.15) is 5.10 Å². The minimum atomic E-state index is -1.17. The van der Waals surface area contributed by atoms with E-state index >= 15 is 0 Å². The summed E-state index contributed by atoms with van der Waals surface area (Å²) in [6.45, 7) is 1.88. The molecule has 0 bridgehead atoms. The smallest absolute Gasteiger partial charge is 0.225 e. The van der Waals surface area contributed by atoms with Crippen LogP contribution >= 0.6 is 11.6 Å². The van der Waals surface area contributed by atoms with E-state index in [1.165, 1.54) is 0 Å². The summed E-state index contributed by atoms with van der Waals surface area (Å²) in [5, 5.41) is 18.7. The van der Waals surface area contributed by atoms with E-state index in [4.69, 9.17) is 11.6 Å². The van der Waals surface area contributed by atoms with Crippen LogP contribution in [0.25, 0.3) is 16.8 Å². The van der Waals surface area contributed by atoms with Crippen LogP contribution in [-0.4, -0.2) is 21.7 Å². The van der Waals surface area contributed by atoms with Gasteiger partial charge in [-0.05, 0) is 49.6 Å². The van der Waals surface area contributed by atoms with E-state index in [9.17, 15) is 14.7 Å². The van der Waals surface area contributed by atoms with Crippen molar-refractivity contribution < 1.29 is 14.7 Å². The van der Waals surface area contributed by atoms with Crippen molar-refractivity contribution in [3.05, 3.63) is 65.3 Å². The van der Waals surface area contributed by atoms with Gasteiger partial charge < -0.3 is 15.2 Å². The minimum Gasteiger partial charge on any atom is -0.550 e. The molecule has 28 heavy (non-hydrogen) atoms. The van der Waals surface area contributed by atoms with Crippen molar-refractivity contribution in [2.75, 3.05) is 5.32 Å². The molecule has 0 unspecified atom stereocenters. The van der Waals surface area contributed by atoms with E-state index in [-0.39, 0.29) is 25.2 Å². The zero-order chi connectivity index (χ0) is 20.1. The maximum atomic E-state index is 12.4. The number of anilines is 1. The summed E-state index contributed by atoms with van der Waals surface area (Å²) in [6, 6.07) is 16.8. The largest absolute Gasteiger partial charge is 0.550 e. The third-order valence-corrected chi connectivity index (χ3v) is 4.49. The number of nitrogens with one attached hydrogen (secondary N) is 1. The highest BCUT2D eigenvalue weighted by Crippen LogP contribution is 2.33. The third-order valence-electron chi connectivity index (χ3n) is 4.24. The van der Waals surface area contributed by atoms with Crippen LogP contribution in [0.15, 0.2) is 54.6 Å². The maximum absolute atomic E-state index is 12.4. The summed E-state index contributed by atoms with van der Waals surface area (Å²) in [4.78, 5) is 23.0. The highest BCUT2D eigenvalue weighted by atomic mass is 35.5. The standard InChI is InChI=1S/C21H20ClN3O3/c1-14-20(15-6-3-2-4-7-15)21(23-18(26)8-5-9-19(27)28)25(24-14)17-12-10-16(22)11-13-17/h2-4,6-7,10-13H,5,8-9H2,1H3,(H,23,26)(H,27,28)/p-1. The SMILES string of the molecule is Cc1nn(-c2ccc(Cl)cc2)c(NC(=O)CCCC(=O)[O-])c1-c1ccccc1. The molecule has 2 aromatic carbocycles. The number of aromatic nitrogens is 2. The number of carboxylic acid groups (broad SMARTS) is 1. The average Bonchev–Trinajstić information content (AvgIpc) is 2.98. The molecule has 0 saturated heterocycles. The lowest BCUT2D eigenvalue weighted by atomic mass is 10.1. The number of aryl methyl sites for hydroxylation is 1. The number of hydrogen-bond acceptors (Lipinski definition) is 4. The maximum Gasteiger partial charge on any atom is 0.225 e. The number of benzene rings is 2. The van der Waals surface area contributed by atoms with E-state index in [2.05, 4.69) is 10.4 Å². The summed E-state index contributed by atoms with van der Waals surface area (Å²) < 4.78 is 1.66. The molecule has 0 aliphatic heterocycles. The zero-order valence-electron chi connectivity index (χ0n) is 15.3. The molecule has 0 spiro atoms. The van der Waals surface area contributed by atoms with Gasteiger partial charge >= 0.3 is 0 Å². The average molecular weight is 397 g/mol.